The van der Waals surface area contributed by atoms with Gasteiger partial charge in [0.2, 0.25) is 0 Å². The lowest BCUT2D eigenvalue weighted by Gasteiger charge is -2.13. The molecule has 1 atom stereocenters. The molecule has 0 radical (unpaired) electrons. The molecule has 0 saturated carbocycles. The van der Waals surface area contributed by atoms with Crippen LogP contribution in [-0.2, 0) is 20.6 Å². The second kappa shape index (κ2) is 9.16. The number of carbonyl (C=O) groups is 1. The fourth-order valence-electron chi connectivity index (χ4n) is 2.43. The Morgan fingerprint density at radius 2 is 1.86 bits per heavy atom. The van der Waals surface area contributed by atoms with Crippen LogP contribution < -0.4 is 0 Å². The van der Waals surface area contributed by atoms with Crippen molar-refractivity contribution in [2.45, 2.75) is 26.1 Å². The normalized spacial score (nSPS) is 13.4. The summed E-state index contributed by atoms with van der Waals surface area (Å²) in [5, 5.41) is 7.60. The predicted octanol–water partition coefficient (Wildman–Crippen LogP) is 4.76. The fraction of sp³-hybridized carbons (Fsp3) is 0.250. The Bertz CT molecular complexity index is 892. The molecule has 28 heavy (non-hydrogen) atoms. The molecule has 0 amide bonds. The van der Waals surface area contributed by atoms with Gasteiger partial charge < -0.3 is 9.68 Å². The van der Waals surface area contributed by atoms with Crippen LogP contribution in [0.5, 0.6) is 0 Å². The van der Waals surface area contributed by atoms with Gasteiger partial charge in [0, 0.05) is 18.1 Å². The smallest absolute Gasteiger partial charge is 0.399 e. The first-order valence-electron chi connectivity index (χ1n) is 8.32. The molecule has 0 aromatic heterocycles. The van der Waals surface area contributed by atoms with Crippen molar-refractivity contribution >= 4 is 17.7 Å². The highest BCUT2D eigenvalue weighted by atomic mass is 19.4. The number of benzene rings is 2. The predicted molar refractivity (Wildman–Crippen MR) is 99.2 cm³/mol. The maximum atomic E-state index is 12.8. The van der Waals surface area contributed by atoms with Gasteiger partial charge in [0.05, 0.1) is 11.8 Å². The standard InChI is InChI=1S/C20H19F3N2O3/c1-13(26)19(25-27-3)18-10-5-4-7-16(18)12-24-28-14(2)15-8-6-9-17(11-15)20(21,22)23/h4-12,14H,1-3H3/b24-12+,25-19-. The minimum Gasteiger partial charge on any atom is -0.399 e. The van der Waals surface area contributed by atoms with Crippen molar-refractivity contribution in [3.05, 3.63) is 70.8 Å². The maximum absolute atomic E-state index is 12.8. The van der Waals surface area contributed by atoms with Crippen molar-refractivity contribution in [2.75, 3.05) is 7.11 Å². The second-order valence-corrected chi connectivity index (χ2v) is 5.87. The number of halogens is 3. The van der Waals surface area contributed by atoms with Gasteiger partial charge >= 0.3 is 6.18 Å². The molecule has 0 bridgehead atoms. The second-order valence-electron chi connectivity index (χ2n) is 5.87. The Labute approximate surface area is 160 Å². The van der Waals surface area contributed by atoms with E-state index in [1.807, 2.05) is 0 Å². The molecule has 0 spiro atoms. The number of oxime groups is 2. The minimum absolute atomic E-state index is 0.121. The molecule has 8 heteroatoms. The molecule has 5 nitrogen and oxygen atoms in total. The molecule has 148 valence electrons. The number of ketones is 1. The summed E-state index contributed by atoms with van der Waals surface area (Å²) in [4.78, 5) is 21.8. The first-order chi connectivity index (χ1) is 13.2. The van der Waals surface area contributed by atoms with E-state index < -0.39 is 17.8 Å². The molecule has 0 heterocycles. The summed E-state index contributed by atoms with van der Waals surface area (Å²) in [5.74, 6) is -0.291. The van der Waals surface area contributed by atoms with Crippen molar-refractivity contribution in [3.8, 4) is 0 Å². The summed E-state index contributed by atoms with van der Waals surface area (Å²) in [5.41, 5.74) is 0.749. The van der Waals surface area contributed by atoms with Crippen LogP contribution in [0, 0.1) is 0 Å². The average molecular weight is 392 g/mol. The zero-order chi connectivity index (χ0) is 20.7. The molecule has 0 aliphatic carbocycles. The zero-order valence-corrected chi connectivity index (χ0v) is 15.5. The molecule has 0 aliphatic heterocycles. The van der Waals surface area contributed by atoms with Gasteiger partial charge in [-0.3, -0.25) is 4.79 Å². The van der Waals surface area contributed by atoms with E-state index in [2.05, 4.69) is 10.3 Å². The van der Waals surface area contributed by atoms with Crippen LogP contribution in [-0.4, -0.2) is 24.8 Å². The summed E-state index contributed by atoms with van der Waals surface area (Å²) in [6.45, 7) is 2.95. The van der Waals surface area contributed by atoms with Crippen molar-refractivity contribution in [2.24, 2.45) is 10.3 Å². The van der Waals surface area contributed by atoms with Crippen LogP contribution in [0.25, 0.3) is 0 Å². The van der Waals surface area contributed by atoms with Crippen LogP contribution >= 0.6 is 0 Å². The fourth-order valence-corrected chi connectivity index (χ4v) is 2.43. The largest absolute Gasteiger partial charge is 0.416 e. The maximum Gasteiger partial charge on any atom is 0.416 e. The summed E-state index contributed by atoms with van der Waals surface area (Å²) >= 11 is 0. The van der Waals surface area contributed by atoms with Gasteiger partial charge in [0.1, 0.15) is 13.2 Å². The van der Waals surface area contributed by atoms with Gasteiger partial charge in [0.15, 0.2) is 11.5 Å². The van der Waals surface area contributed by atoms with Crippen molar-refractivity contribution < 1.29 is 27.6 Å². The van der Waals surface area contributed by atoms with Crippen LogP contribution in [0.15, 0.2) is 58.8 Å². The Balaban J connectivity index is 2.20. The molecular formula is C20H19F3N2O3. The zero-order valence-electron chi connectivity index (χ0n) is 15.5. The van der Waals surface area contributed by atoms with Crippen LogP contribution in [0.2, 0.25) is 0 Å². The van der Waals surface area contributed by atoms with Crippen LogP contribution in [0.1, 0.15) is 42.2 Å². The lowest BCUT2D eigenvalue weighted by Crippen LogP contribution is -2.14. The average Bonchev–Trinajstić information content (AvgIpc) is 2.66. The molecule has 0 N–H and O–H groups in total. The van der Waals surface area contributed by atoms with Gasteiger partial charge in [-0.2, -0.15) is 13.2 Å². The van der Waals surface area contributed by atoms with Gasteiger partial charge in [-0.15, -0.1) is 0 Å². The van der Waals surface area contributed by atoms with Crippen LogP contribution in [0.4, 0.5) is 13.2 Å². The molecule has 0 fully saturated rings. The van der Waals surface area contributed by atoms with E-state index >= 15 is 0 Å². The van der Waals surface area contributed by atoms with E-state index in [1.165, 1.54) is 32.4 Å². The quantitative estimate of drug-likeness (QED) is 0.504. The molecular weight excluding hydrogens is 373 g/mol. The highest BCUT2D eigenvalue weighted by Gasteiger charge is 2.30. The van der Waals surface area contributed by atoms with Gasteiger partial charge in [-0.25, -0.2) is 0 Å². The topological polar surface area (TPSA) is 60.2 Å². The Kier molecular flexibility index (Phi) is 6.92. The third-order valence-electron chi connectivity index (χ3n) is 3.83. The van der Waals surface area contributed by atoms with Crippen molar-refractivity contribution in [1.29, 1.82) is 0 Å². The Morgan fingerprint density at radius 1 is 1.14 bits per heavy atom. The molecule has 0 saturated heterocycles. The molecule has 0 aliphatic rings. The third kappa shape index (κ3) is 5.42. The van der Waals surface area contributed by atoms with E-state index in [-0.39, 0.29) is 11.5 Å². The summed E-state index contributed by atoms with van der Waals surface area (Å²) < 4.78 is 38.5. The Hall–Kier alpha value is -3.16. The lowest BCUT2D eigenvalue weighted by molar-refractivity contribution is -0.137. The van der Waals surface area contributed by atoms with E-state index in [9.17, 15) is 18.0 Å². The molecule has 1 unspecified atom stereocenters. The minimum atomic E-state index is -4.43. The van der Waals surface area contributed by atoms with Gasteiger partial charge in [-0.05, 0) is 24.6 Å². The third-order valence-corrected chi connectivity index (χ3v) is 3.83. The SMILES string of the molecule is CO/N=C(/C(C)=O)c1ccccc1/C=N/OC(C)c1cccc(C(F)(F)F)c1. The molecule has 2 aromatic rings. The molecule has 2 aromatic carbocycles. The number of alkyl halides is 3. The van der Waals surface area contributed by atoms with Crippen molar-refractivity contribution in [3.63, 3.8) is 0 Å². The number of Topliss-reactive ketones (excluding diaryl/α,β-unsaturated/α-hetero) is 1. The highest BCUT2D eigenvalue weighted by Crippen LogP contribution is 2.31. The first kappa shape index (κ1) is 21.1. The van der Waals surface area contributed by atoms with E-state index in [0.29, 0.717) is 16.7 Å². The van der Waals surface area contributed by atoms with Gasteiger partial charge in [0.25, 0.3) is 0 Å². The van der Waals surface area contributed by atoms with Gasteiger partial charge in [-0.1, -0.05) is 46.7 Å². The summed E-state index contributed by atoms with van der Waals surface area (Å²) in [6.07, 6.45) is -3.76. The lowest BCUT2D eigenvalue weighted by atomic mass is 10.0. The number of carbonyl (C=O) groups excluding carboxylic acids is 1. The highest BCUT2D eigenvalue weighted by molar-refractivity contribution is 6.46. The van der Waals surface area contributed by atoms with Crippen LogP contribution in [0.3, 0.4) is 0 Å². The monoisotopic (exact) mass is 392 g/mol. The van der Waals surface area contributed by atoms with Crippen molar-refractivity contribution in [1.82, 2.24) is 0 Å². The number of hydrogen-bond acceptors (Lipinski definition) is 5. The van der Waals surface area contributed by atoms with E-state index in [1.54, 1.807) is 31.2 Å². The Morgan fingerprint density at radius 3 is 2.50 bits per heavy atom. The number of hydrogen-bond donors (Lipinski definition) is 0. The van der Waals surface area contributed by atoms with E-state index in [0.717, 1.165) is 12.1 Å². The number of nitrogens with zero attached hydrogens (tertiary/aromatic N) is 2. The summed E-state index contributed by atoms with van der Waals surface area (Å²) in [7, 11) is 1.33. The molecule has 2 rings (SSSR count). The van der Waals surface area contributed by atoms with E-state index in [4.69, 9.17) is 9.68 Å². The first-order valence-corrected chi connectivity index (χ1v) is 8.32. The summed E-state index contributed by atoms with van der Waals surface area (Å²) in [6, 6.07) is 11.7. The number of rotatable bonds is 7.